The van der Waals surface area contributed by atoms with Crippen molar-refractivity contribution in [1.29, 1.82) is 0 Å². The zero-order valence-electron chi connectivity index (χ0n) is 13.4. The number of carbonyl (C=O) groups excluding carboxylic acids is 1. The van der Waals surface area contributed by atoms with Crippen LogP contribution in [0.25, 0.3) is 0 Å². The number of hydrogen-bond acceptors (Lipinski definition) is 6. The van der Waals surface area contributed by atoms with Crippen LogP contribution in [-0.2, 0) is 19.6 Å². The lowest BCUT2D eigenvalue weighted by Gasteiger charge is -2.56. The Morgan fingerprint density at radius 2 is 1.96 bits per heavy atom. The molecule has 7 nitrogen and oxygen atoms in total. The lowest BCUT2D eigenvalue weighted by molar-refractivity contribution is -0.160. The van der Waals surface area contributed by atoms with Gasteiger partial charge in [-0.2, -0.15) is 4.72 Å². The second kappa shape index (κ2) is 5.59. The van der Waals surface area contributed by atoms with E-state index in [4.69, 9.17) is 9.15 Å². The van der Waals surface area contributed by atoms with Crippen molar-refractivity contribution in [2.24, 2.45) is 5.41 Å². The van der Waals surface area contributed by atoms with E-state index in [0.29, 0.717) is 12.8 Å². The zero-order chi connectivity index (χ0) is 16.7. The minimum absolute atomic E-state index is 0.0618. The predicted octanol–water partition coefficient (Wildman–Crippen LogP) is 1.92. The fourth-order valence-electron chi connectivity index (χ4n) is 4.11. The highest BCUT2D eigenvalue weighted by Crippen LogP contribution is 2.57. The first kappa shape index (κ1) is 16.4. The highest BCUT2D eigenvalue weighted by molar-refractivity contribution is 7.89. The van der Waals surface area contributed by atoms with E-state index in [2.05, 4.69) is 9.71 Å². The number of sulfonamides is 1. The maximum atomic E-state index is 12.5. The Labute approximate surface area is 135 Å². The van der Waals surface area contributed by atoms with Crippen LogP contribution in [0.1, 0.15) is 50.8 Å². The summed E-state index contributed by atoms with van der Waals surface area (Å²) in [7, 11) is -2.67. The number of nitrogens with one attached hydrogen (secondary N) is 1. The fourth-order valence-corrected chi connectivity index (χ4v) is 5.38. The number of aromatic nitrogens is 1. The summed E-state index contributed by atoms with van der Waals surface area (Å²) >= 11 is 0. The monoisotopic (exact) mass is 342 g/mol. The topological polar surface area (TPSA) is 98.5 Å². The van der Waals surface area contributed by atoms with Crippen LogP contribution in [0.15, 0.2) is 15.7 Å². The minimum Gasteiger partial charge on any atom is -0.468 e. The number of aryl methyl sites for hydroxylation is 1. The molecule has 0 aliphatic heterocycles. The second-order valence-electron chi connectivity index (χ2n) is 6.79. The third-order valence-corrected chi connectivity index (χ3v) is 6.42. The van der Waals surface area contributed by atoms with Crippen LogP contribution in [0.5, 0.6) is 0 Å². The number of methoxy groups -OCH3 is 1. The SMILES string of the molecule is COC(=O)C1(NS(=O)(=O)c2cnc(C)o2)CC2(CCCCC2)C1. The van der Waals surface area contributed by atoms with Gasteiger partial charge in [-0.3, -0.25) is 4.79 Å². The Morgan fingerprint density at radius 1 is 1.30 bits per heavy atom. The van der Waals surface area contributed by atoms with Gasteiger partial charge in [0.25, 0.3) is 15.1 Å². The van der Waals surface area contributed by atoms with Gasteiger partial charge in [0, 0.05) is 6.92 Å². The van der Waals surface area contributed by atoms with Gasteiger partial charge in [-0.1, -0.05) is 19.3 Å². The molecule has 23 heavy (non-hydrogen) atoms. The summed E-state index contributed by atoms with van der Waals surface area (Å²) in [4.78, 5) is 16.1. The molecule has 0 saturated heterocycles. The Kier molecular flexibility index (Phi) is 4.00. The van der Waals surface area contributed by atoms with Crippen molar-refractivity contribution >= 4 is 16.0 Å². The maximum Gasteiger partial charge on any atom is 0.327 e. The summed E-state index contributed by atoms with van der Waals surface area (Å²) in [6.45, 7) is 1.56. The van der Waals surface area contributed by atoms with Crippen LogP contribution < -0.4 is 4.72 Å². The zero-order valence-corrected chi connectivity index (χ0v) is 14.2. The molecule has 1 N–H and O–H groups in total. The molecule has 2 aliphatic carbocycles. The molecular weight excluding hydrogens is 320 g/mol. The molecule has 1 heterocycles. The Hall–Kier alpha value is -1.41. The molecule has 1 aromatic heterocycles. The summed E-state index contributed by atoms with van der Waals surface area (Å²) in [5, 5.41) is -0.275. The van der Waals surface area contributed by atoms with Gasteiger partial charge in [0.2, 0.25) is 0 Å². The van der Waals surface area contributed by atoms with E-state index >= 15 is 0 Å². The molecule has 0 radical (unpaired) electrons. The third kappa shape index (κ3) is 2.89. The summed E-state index contributed by atoms with van der Waals surface area (Å²) in [5.74, 6) is -0.275. The van der Waals surface area contributed by atoms with Crippen LogP contribution in [0.3, 0.4) is 0 Å². The molecule has 128 valence electrons. The van der Waals surface area contributed by atoms with Gasteiger partial charge in [-0.25, -0.2) is 13.4 Å². The van der Waals surface area contributed by atoms with Gasteiger partial charge in [0.05, 0.1) is 13.3 Å². The highest BCUT2D eigenvalue weighted by atomic mass is 32.2. The van der Waals surface area contributed by atoms with Crippen molar-refractivity contribution in [3.63, 3.8) is 0 Å². The first-order valence-electron chi connectivity index (χ1n) is 7.86. The van der Waals surface area contributed by atoms with Gasteiger partial charge < -0.3 is 9.15 Å². The average Bonchev–Trinajstić information content (AvgIpc) is 2.93. The third-order valence-electron chi connectivity index (χ3n) is 5.04. The molecule has 0 atom stereocenters. The van der Waals surface area contributed by atoms with Crippen LogP contribution in [0, 0.1) is 12.3 Å². The number of esters is 1. The van der Waals surface area contributed by atoms with Crippen molar-refractivity contribution in [3.8, 4) is 0 Å². The number of oxazole rings is 1. The standard InChI is InChI=1S/C15H22N2O5S/c1-11-16-8-12(22-11)23(19,20)17-15(13(18)21-2)9-14(10-15)6-4-3-5-7-14/h8,17H,3-7,9-10H2,1-2H3. The van der Waals surface area contributed by atoms with Crippen molar-refractivity contribution in [1.82, 2.24) is 9.71 Å². The van der Waals surface area contributed by atoms with Crippen LogP contribution in [0.4, 0.5) is 0 Å². The Balaban J connectivity index is 1.83. The molecular formula is C15H22N2O5S. The van der Waals surface area contributed by atoms with Gasteiger partial charge in [-0.05, 0) is 31.1 Å². The highest BCUT2D eigenvalue weighted by Gasteiger charge is 2.61. The first-order chi connectivity index (χ1) is 10.8. The van der Waals surface area contributed by atoms with E-state index in [1.807, 2.05) is 0 Å². The molecule has 0 unspecified atom stereocenters. The molecule has 0 bridgehead atoms. The van der Waals surface area contributed by atoms with Crippen molar-refractivity contribution in [3.05, 3.63) is 12.1 Å². The molecule has 2 saturated carbocycles. The van der Waals surface area contributed by atoms with Crippen LogP contribution in [0.2, 0.25) is 0 Å². The van der Waals surface area contributed by atoms with Gasteiger partial charge in [0.15, 0.2) is 5.89 Å². The Morgan fingerprint density at radius 3 is 2.48 bits per heavy atom. The maximum absolute atomic E-state index is 12.5. The first-order valence-corrected chi connectivity index (χ1v) is 9.34. The van der Waals surface area contributed by atoms with Crippen molar-refractivity contribution in [2.75, 3.05) is 7.11 Å². The largest absolute Gasteiger partial charge is 0.468 e. The molecule has 8 heteroatoms. The molecule has 0 aromatic carbocycles. The number of hydrogen-bond donors (Lipinski definition) is 1. The summed E-state index contributed by atoms with van der Waals surface area (Å²) in [5.41, 5.74) is -1.13. The molecule has 0 amide bonds. The molecule has 1 spiro atoms. The van der Waals surface area contributed by atoms with E-state index in [-0.39, 0.29) is 16.4 Å². The number of carbonyl (C=O) groups is 1. The van der Waals surface area contributed by atoms with Crippen molar-refractivity contribution in [2.45, 2.75) is 62.5 Å². The molecule has 2 fully saturated rings. The second-order valence-corrected chi connectivity index (χ2v) is 8.41. The molecule has 2 aliphatic rings. The number of nitrogens with zero attached hydrogens (tertiary/aromatic N) is 1. The van der Waals surface area contributed by atoms with Crippen LogP contribution in [-0.4, -0.2) is 32.0 Å². The number of rotatable bonds is 4. The summed E-state index contributed by atoms with van der Waals surface area (Å²) < 4.78 is 37.5. The van der Waals surface area contributed by atoms with E-state index in [0.717, 1.165) is 31.9 Å². The van der Waals surface area contributed by atoms with E-state index in [9.17, 15) is 13.2 Å². The quantitative estimate of drug-likeness (QED) is 0.839. The normalized spacial score (nSPS) is 22.5. The van der Waals surface area contributed by atoms with Crippen LogP contribution >= 0.6 is 0 Å². The van der Waals surface area contributed by atoms with Crippen molar-refractivity contribution < 1.29 is 22.4 Å². The fraction of sp³-hybridized carbons (Fsp3) is 0.733. The van der Waals surface area contributed by atoms with Gasteiger partial charge >= 0.3 is 5.97 Å². The molecule has 3 rings (SSSR count). The van der Waals surface area contributed by atoms with E-state index in [1.165, 1.54) is 13.5 Å². The molecule has 1 aromatic rings. The average molecular weight is 342 g/mol. The van der Waals surface area contributed by atoms with E-state index in [1.54, 1.807) is 6.92 Å². The summed E-state index contributed by atoms with van der Waals surface area (Å²) in [6.07, 6.45) is 7.66. The predicted molar refractivity (Wildman–Crippen MR) is 81.1 cm³/mol. The van der Waals surface area contributed by atoms with Gasteiger partial charge in [0.1, 0.15) is 5.54 Å². The minimum atomic E-state index is -3.95. The number of ether oxygens (including phenoxy) is 1. The Bertz CT molecular complexity index is 695. The van der Waals surface area contributed by atoms with E-state index < -0.39 is 21.5 Å². The summed E-state index contributed by atoms with van der Waals surface area (Å²) in [6, 6.07) is 0. The smallest absolute Gasteiger partial charge is 0.327 e. The lowest BCUT2D eigenvalue weighted by atomic mass is 9.52. The van der Waals surface area contributed by atoms with Gasteiger partial charge in [-0.15, -0.1) is 0 Å². The lowest BCUT2D eigenvalue weighted by Crippen LogP contribution is -2.66.